The topological polar surface area (TPSA) is 86.8 Å². The molecule has 0 radical (unpaired) electrons. The van der Waals surface area contributed by atoms with Gasteiger partial charge >= 0.3 is 6.03 Å². The highest BCUT2D eigenvalue weighted by Gasteiger charge is 2.47. The van der Waals surface area contributed by atoms with Gasteiger partial charge in [0.05, 0.1) is 17.4 Å². The summed E-state index contributed by atoms with van der Waals surface area (Å²) in [5.41, 5.74) is 1.94. The summed E-state index contributed by atoms with van der Waals surface area (Å²) in [7, 11) is 2.05. The third-order valence-electron chi connectivity index (χ3n) is 7.17. The number of pyridine rings is 1. The molecule has 38 heavy (non-hydrogen) atoms. The maximum absolute atomic E-state index is 15.6. The van der Waals surface area contributed by atoms with Crippen molar-refractivity contribution in [1.82, 2.24) is 20.5 Å². The Morgan fingerprint density at radius 1 is 1.21 bits per heavy atom. The molecule has 3 aromatic rings. The van der Waals surface area contributed by atoms with Crippen LogP contribution in [0.3, 0.4) is 0 Å². The van der Waals surface area contributed by atoms with Gasteiger partial charge in [-0.3, -0.25) is 9.69 Å². The molecular formula is C28H28FN5O3S. The fraction of sp³-hybridized carbons (Fsp3) is 0.321. The summed E-state index contributed by atoms with van der Waals surface area (Å²) in [6.07, 6.45) is 3.55. The summed E-state index contributed by atoms with van der Waals surface area (Å²) < 4.78 is 21.4. The second kappa shape index (κ2) is 9.92. The summed E-state index contributed by atoms with van der Waals surface area (Å²) in [6, 6.07) is 12.8. The van der Waals surface area contributed by atoms with E-state index in [4.69, 9.17) is 4.74 Å². The van der Waals surface area contributed by atoms with Gasteiger partial charge in [0, 0.05) is 30.4 Å². The van der Waals surface area contributed by atoms with Crippen molar-refractivity contribution in [3.05, 3.63) is 71.7 Å². The highest BCUT2D eigenvalue weighted by Crippen LogP contribution is 2.51. The normalized spacial score (nSPS) is 22.6. The zero-order chi connectivity index (χ0) is 26.4. The Labute approximate surface area is 224 Å². The number of piperidine rings is 1. The molecule has 0 spiro atoms. The van der Waals surface area contributed by atoms with Gasteiger partial charge in [0.25, 0.3) is 0 Å². The molecule has 1 aromatic heterocycles. The monoisotopic (exact) mass is 533 g/mol. The van der Waals surface area contributed by atoms with Crippen LogP contribution < -0.4 is 20.3 Å². The van der Waals surface area contributed by atoms with Crippen LogP contribution in [0.25, 0.3) is 0 Å². The summed E-state index contributed by atoms with van der Waals surface area (Å²) >= 11 is 1.34. The van der Waals surface area contributed by atoms with Crippen molar-refractivity contribution in [2.24, 2.45) is 0 Å². The molecule has 6 rings (SSSR count). The minimum absolute atomic E-state index is 0.0714. The Bertz CT molecular complexity index is 1380. The predicted molar refractivity (Wildman–Crippen MR) is 144 cm³/mol. The third kappa shape index (κ3) is 4.48. The molecule has 3 amide bonds. The average Bonchev–Trinajstić information content (AvgIpc) is 3.25. The Morgan fingerprint density at radius 2 is 2.03 bits per heavy atom. The first-order valence-electron chi connectivity index (χ1n) is 12.7. The standard InChI is InChI=1S/C28H28FN5O3S/c1-16-13-19(37-18-8-4-3-5-9-18)14-20(29)24(16)34-21-10-11-30-27-22(21)23(32-28(34)36)25(38-27)26(35)31-17-7-6-12-33(2)15-17/h3-5,8-11,13-14,17,23,25H,6-7,12,15H2,1-2H3,(H,31,35)(H,32,36)/t17?,23?,25-/m1/s1. The number of rotatable bonds is 5. The molecule has 3 aliphatic rings. The molecule has 3 atom stereocenters. The fourth-order valence-electron chi connectivity index (χ4n) is 5.49. The van der Waals surface area contributed by atoms with Crippen LogP contribution in [0.1, 0.15) is 30.0 Å². The molecule has 0 aliphatic carbocycles. The molecule has 1 saturated heterocycles. The maximum Gasteiger partial charge on any atom is 0.327 e. The van der Waals surface area contributed by atoms with E-state index in [0.29, 0.717) is 27.8 Å². The Balaban J connectivity index is 1.29. The molecule has 2 unspecified atom stereocenters. The van der Waals surface area contributed by atoms with Gasteiger partial charge in [0.2, 0.25) is 5.91 Å². The van der Waals surface area contributed by atoms with Gasteiger partial charge < -0.3 is 20.3 Å². The molecule has 2 N–H and O–H groups in total. The number of anilines is 2. The van der Waals surface area contributed by atoms with Crippen LogP contribution in [0.2, 0.25) is 0 Å². The summed E-state index contributed by atoms with van der Waals surface area (Å²) in [4.78, 5) is 34.8. The molecule has 8 nitrogen and oxygen atoms in total. The minimum Gasteiger partial charge on any atom is -0.457 e. The van der Waals surface area contributed by atoms with Gasteiger partial charge in [-0.15, -0.1) is 0 Å². The van der Waals surface area contributed by atoms with Gasteiger partial charge in [0.15, 0.2) is 5.82 Å². The SMILES string of the molecule is Cc1cc(Oc2ccccc2)cc(F)c1N1C(=O)NC2c3c1ccnc3S[C@H]2C(=O)NC1CCCN(C)C1. The van der Waals surface area contributed by atoms with E-state index in [2.05, 4.69) is 20.5 Å². The average molecular weight is 534 g/mol. The second-order valence-corrected chi connectivity index (χ2v) is 11.1. The van der Waals surface area contributed by atoms with Crippen molar-refractivity contribution in [2.45, 2.75) is 42.1 Å². The minimum atomic E-state index is -0.587. The number of halogens is 1. The van der Waals surface area contributed by atoms with Crippen molar-refractivity contribution >= 4 is 35.1 Å². The van der Waals surface area contributed by atoms with Crippen LogP contribution in [-0.2, 0) is 4.79 Å². The Morgan fingerprint density at radius 3 is 2.79 bits per heavy atom. The van der Waals surface area contributed by atoms with E-state index in [1.54, 1.807) is 37.4 Å². The van der Waals surface area contributed by atoms with Gasteiger partial charge in [-0.05, 0) is 63.2 Å². The first kappa shape index (κ1) is 24.7. The zero-order valence-electron chi connectivity index (χ0n) is 21.1. The lowest BCUT2D eigenvalue weighted by atomic mass is 9.98. The van der Waals surface area contributed by atoms with E-state index < -0.39 is 23.1 Å². The Hall–Kier alpha value is -3.63. The summed E-state index contributed by atoms with van der Waals surface area (Å²) in [5.74, 6) is 0.218. The molecule has 4 heterocycles. The number of nitrogens with one attached hydrogen (secondary N) is 2. The highest BCUT2D eigenvalue weighted by atomic mass is 32.2. The lowest BCUT2D eigenvalue weighted by molar-refractivity contribution is -0.122. The van der Waals surface area contributed by atoms with E-state index in [-0.39, 0.29) is 17.6 Å². The van der Waals surface area contributed by atoms with Crippen LogP contribution >= 0.6 is 11.8 Å². The Kier molecular flexibility index (Phi) is 6.45. The van der Waals surface area contributed by atoms with Crippen LogP contribution in [0.4, 0.5) is 20.6 Å². The predicted octanol–water partition coefficient (Wildman–Crippen LogP) is 4.91. The van der Waals surface area contributed by atoms with Crippen molar-refractivity contribution in [1.29, 1.82) is 0 Å². The number of amides is 3. The summed E-state index contributed by atoms with van der Waals surface area (Å²) in [5, 5.41) is 6.25. The number of urea groups is 1. The third-order valence-corrected chi connectivity index (χ3v) is 8.45. The van der Waals surface area contributed by atoms with Crippen molar-refractivity contribution in [2.75, 3.05) is 25.0 Å². The van der Waals surface area contributed by atoms with E-state index in [1.807, 2.05) is 25.2 Å². The van der Waals surface area contributed by atoms with E-state index in [1.165, 1.54) is 22.7 Å². The molecule has 2 aromatic carbocycles. The van der Waals surface area contributed by atoms with Gasteiger partial charge in [0.1, 0.15) is 21.8 Å². The first-order valence-corrected chi connectivity index (χ1v) is 13.5. The van der Waals surface area contributed by atoms with Crippen LogP contribution in [0.5, 0.6) is 11.5 Å². The van der Waals surface area contributed by atoms with Crippen LogP contribution in [0.15, 0.2) is 59.8 Å². The van der Waals surface area contributed by atoms with Crippen molar-refractivity contribution < 1.29 is 18.7 Å². The number of nitrogens with zero attached hydrogens (tertiary/aromatic N) is 3. The van der Waals surface area contributed by atoms with E-state index in [9.17, 15) is 9.59 Å². The molecule has 1 fully saturated rings. The number of carbonyl (C=O) groups is 2. The largest absolute Gasteiger partial charge is 0.457 e. The van der Waals surface area contributed by atoms with Crippen LogP contribution in [-0.4, -0.2) is 53.3 Å². The van der Waals surface area contributed by atoms with E-state index in [0.717, 1.165) is 31.5 Å². The number of thioether (sulfide) groups is 1. The second-order valence-electron chi connectivity index (χ2n) is 9.95. The number of benzene rings is 2. The number of hydrogen-bond donors (Lipinski definition) is 2. The zero-order valence-corrected chi connectivity index (χ0v) is 21.9. The lowest BCUT2D eigenvalue weighted by Gasteiger charge is -2.35. The number of hydrogen-bond acceptors (Lipinski definition) is 6. The molecule has 3 aliphatic heterocycles. The summed E-state index contributed by atoms with van der Waals surface area (Å²) in [6.45, 7) is 3.56. The first-order chi connectivity index (χ1) is 18.4. The van der Waals surface area contributed by atoms with Gasteiger partial charge in [-0.25, -0.2) is 14.2 Å². The van der Waals surface area contributed by atoms with Crippen molar-refractivity contribution in [3.63, 3.8) is 0 Å². The highest BCUT2D eigenvalue weighted by molar-refractivity contribution is 8.01. The number of likely N-dealkylation sites (tertiary alicyclic amines) is 1. The van der Waals surface area contributed by atoms with Crippen LogP contribution in [0, 0.1) is 12.7 Å². The number of ether oxygens (including phenoxy) is 1. The fourth-order valence-corrected chi connectivity index (χ4v) is 6.72. The molecule has 0 saturated carbocycles. The quantitative estimate of drug-likeness (QED) is 0.485. The number of aryl methyl sites for hydroxylation is 1. The molecule has 0 bridgehead atoms. The maximum atomic E-state index is 15.6. The van der Waals surface area contributed by atoms with Crippen molar-refractivity contribution in [3.8, 4) is 11.5 Å². The molecule has 10 heteroatoms. The molecular weight excluding hydrogens is 505 g/mol. The smallest absolute Gasteiger partial charge is 0.327 e. The number of aromatic nitrogens is 1. The number of likely N-dealkylation sites (N-methyl/N-ethyl adjacent to an activating group) is 1. The van der Waals surface area contributed by atoms with Gasteiger partial charge in [-0.2, -0.15) is 0 Å². The molecule has 196 valence electrons. The number of carbonyl (C=O) groups excluding carboxylic acids is 2. The van der Waals surface area contributed by atoms with Gasteiger partial charge in [-0.1, -0.05) is 30.0 Å². The van der Waals surface area contributed by atoms with E-state index >= 15 is 4.39 Å². The lowest BCUT2D eigenvalue weighted by Crippen LogP contribution is -2.52. The number of para-hydroxylation sites is 1.